The molecular formula is C73H51B2N5O. The average molecular weight is 1040 g/mol. The van der Waals surface area contributed by atoms with Crippen molar-refractivity contribution >= 4 is 137 Å². The van der Waals surface area contributed by atoms with Crippen LogP contribution in [0.1, 0.15) is 25.0 Å². The second kappa shape index (κ2) is 17.4. The van der Waals surface area contributed by atoms with Gasteiger partial charge in [0.05, 0.1) is 17.0 Å². The number of allylic oxidation sites excluding steroid dienone is 1. The normalized spacial score (nSPS) is 14.7. The molecule has 1 aliphatic carbocycles. The molecule has 81 heavy (non-hydrogen) atoms. The third-order valence-electron chi connectivity index (χ3n) is 17.7. The van der Waals surface area contributed by atoms with Crippen molar-refractivity contribution in [3.63, 3.8) is 0 Å². The van der Waals surface area contributed by atoms with E-state index in [9.17, 15) is 0 Å². The molecule has 5 heterocycles. The Morgan fingerprint density at radius 3 is 1.43 bits per heavy atom. The van der Waals surface area contributed by atoms with Gasteiger partial charge in [-0.05, 0) is 143 Å². The molecule has 0 spiro atoms. The molecule has 0 saturated carbocycles. The van der Waals surface area contributed by atoms with Gasteiger partial charge in [-0.25, -0.2) is 0 Å². The minimum absolute atomic E-state index is 0.105. The van der Waals surface area contributed by atoms with Crippen molar-refractivity contribution in [1.82, 2.24) is 0 Å². The van der Waals surface area contributed by atoms with Crippen molar-refractivity contribution in [2.24, 2.45) is 0 Å². The number of hydrogen-bond acceptors (Lipinski definition) is 6. The third kappa shape index (κ3) is 6.53. The van der Waals surface area contributed by atoms with Gasteiger partial charge in [0.25, 0.3) is 6.71 Å². The highest BCUT2D eigenvalue weighted by molar-refractivity contribution is 7.01. The van der Waals surface area contributed by atoms with E-state index in [-0.39, 0.29) is 18.8 Å². The number of rotatable bonds is 7. The summed E-state index contributed by atoms with van der Waals surface area (Å²) >= 11 is 0. The maximum Gasteiger partial charge on any atom is 0.297 e. The zero-order chi connectivity index (χ0) is 53.5. The summed E-state index contributed by atoms with van der Waals surface area (Å²) in [4.78, 5) is 12.5. The largest absolute Gasteiger partial charge is 0.468 e. The quantitative estimate of drug-likeness (QED) is 0.148. The lowest BCUT2D eigenvalue weighted by Crippen LogP contribution is -2.63. The predicted molar refractivity (Wildman–Crippen MR) is 340 cm³/mol. The Balaban J connectivity index is 1.02. The third-order valence-corrected chi connectivity index (χ3v) is 17.7. The fraction of sp³-hybridized carbons (Fsp3) is 0.0411. The molecule has 0 unspecified atom stereocenters. The van der Waals surface area contributed by atoms with E-state index in [0.29, 0.717) is 0 Å². The highest BCUT2D eigenvalue weighted by atomic mass is 16.3. The average Bonchev–Trinajstić information content (AvgIpc) is 3.78. The van der Waals surface area contributed by atoms with Crippen LogP contribution < -0.4 is 52.0 Å². The van der Waals surface area contributed by atoms with E-state index in [1.807, 2.05) is 0 Å². The highest BCUT2D eigenvalue weighted by Gasteiger charge is 2.55. The molecular weight excluding hydrogens is 984 g/mol. The number of fused-ring (bicyclic) bond motifs is 11. The maximum absolute atomic E-state index is 7.49. The van der Waals surface area contributed by atoms with Crippen LogP contribution in [0.3, 0.4) is 0 Å². The molecule has 6 nitrogen and oxygen atoms in total. The fourth-order valence-corrected chi connectivity index (χ4v) is 14.5. The first kappa shape index (κ1) is 45.8. The molecule has 380 valence electrons. The van der Waals surface area contributed by atoms with Crippen LogP contribution in [0.4, 0.5) is 79.6 Å². The van der Waals surface area contributed by atoms with Gasteiger partial charge in [0.15, 0.2) is 0 Å². The van der Waals surface area contributed by atoms with E-state index in [1.54, 1.807) is 0 Å². The summed E-state index contributed by atoms with van der Waals surface area (Å²) in [6.07, 6.45) is 0. The lowest BCUT2D eigenvalue weighted by molar-refractivity contribution is 0.651. The van der Waals surface area contributed by atoms with E-state index in [1.165, 1.54) is 55.5 Å². The molecule has 0 N–H and O–H groups in total. The van der Waals surface area contributed by atoms with Gasteiger partial charge in [-0.1, -0.05) is 177 Å². The van der Waals surface area contributed by atoms with Crippen molar-refractivity contribution in [2.45, 2.75) is 19.3 Å². The number of para-hydroxylation sites is 7. The zero-order valence-electron chi connectivity index (χ0n) is 44.8. The van der Waals surface area contributed by atoms with E-state index >= 15 is 0 Å². The smallest absolute Gasteiger partial charge is 0.297 e. The van der Waals surface area contributed by atoms with Crippen molar-refractivity contribution < 1.29 is 4.42 Å². The molecule has 17 rings (SSSR count). The van der Waals surface area contributed by atoms with E-state index in [0.717, 1.165) is 84.9 Å². The molecule has 11 aromatic carbocycles. The van der Waals surface area contributed by atoms with Gasteiger partial charge in [0, 0.05) is 90.3 Å². The van der Waals surface area contributed by atoms with Crippen LogP contribution in [0.25, 0.3) is 16.7 Å². The Hall–Kier alpha value is -10.2. The van der Waals surface area contributed by atoms with Gasteiger partial charge in [0.2, 0.25) is 6.71 Å². The second-order valence-electron chi connectivity index (χ2n) is 22.4. The number of nitrogens with zero attached hydrogens (tertiary/aromatic N) is 5. The molecule has 0 bridgehead atoms. The monoisotopic (exact) mass is 1040 g/mol. The van der Waals surface area contributed by atoms with E-state index < -0.39 is 0 Å². The summed E-state index contributed by atoms with van der Waals surface area (Å²) in [5.41, 5.74) is 27.2. The van der Waals surface area contributed by atoms with Crippen molar-refractivity contribution in [2.75, 3.05) is 24.5 Å². The summed E-state index contributed by atoms with van der Waals surface area (Å²) < 4.78 is 7.49. The topological polar surface area (TPSA) is 29.3 Å². The second-order valence-corrected chi connectivity index (χ2v) is 22.4. The summed E-state index contributed by atoms with van der Waals surface area (Å²) in [5, 5.41) is 1.07. The standard InChI is InChI=1S/C73H51B2N5O/c1-73(2)57-40-23-21-38-55(57)69-71(73)74-58-46-59-63(47-62(58)77(50-30-13-5-14-31-50)60-41-25-42-61(67(60)74)79(69)52-34-17-7-18-35-52)78(51-32-15-6-16-33-51)64-44-54(76(48-26-9-3-10-27-48)49-28-11-4-12-29-49)45-65-68(64)75(59)72-70(56-39-22-24-43-66(56)81-72)80(65)53-36-19-8-20-37-53/h3-47H,1-2H3. The van der Waals surface area contributed by atoms with Gasteiger partial charge in [0.1, 0.15) is 5.58 Å². The summed E-state index contributed by atoms with van der Waals surface area (Å²) in [5.74, 6) is 0. The number of furan rings is 1. The molecule has 5 aliphatic rings. The van der Waals surface area contributed by atoms with Crippen LogP contribution in [0.5, 0.6) is 0 Å². The first-order chi connectivity index (χ1) is 40.0. The van der Waals surface area contributed by atoms with Crippen LogP contribution in [0.15, 0.2) is 283 Å². The Labute approximate surface area is 472 Å². The van der Waals surface area contributed by atoms with Crippen molar-refractivity contribution in [1.29, 1.82) is 0 Å². The van der Waals surface area contributed by atoms with Crippen LogP contribution in [-0.4, -0.2) is 13.4 Å². The fourth-order valence-electron chi connectivity index (χ4n) is 14.5. The molecule has 8 heteroatoms. The molecule has 0 fully saturated rings. The molecule has 0 saturated heterocycles. The van der Waals surface area contributed by atoms with Gasteiger partial charge in [-0.2, -0.15) is 0 Å². The van der Waals surface area contributed by atoms with Crippen molar-refractivity contribution in [3.05, 3.63) is 290 Å². The lowest BCUT2D eigenvalue weighted by Gasteiger charge is -2.47. The Morgan fingerprint density at radius 1 is 0.370 bits per heavy atom. The van der Waals surface area contributed by atoms with Crippen molar-refractivity contribution in [3.8, 4) is 0 Å². The molecule has 0 atom stereocenters. The van der Waals surface area contributed by atoms with Gasteiger partial charge >= 0.3 is 0 Å². The van der Waals surface area contributed by atoms with E-state index in [2.05, 4.69) is 311 Å². The lowest BCUT2D eigenvalue weighted by atomic mass is 9.29. The minimum atomic E-state index is -0.334. The highest BCUT2D eigenvalue weighted by Crippen LogP contribution is 2.57. The minimum Gasteiger partial charge on any atom is -0.468 e. The van der Waals surface area contributed by atoms with Gasteiger partial charge in [-0.15, -0.1) is 0 Å². The first-order valence-corrected chi connectivity index (χ1v) is 28.2. The summed E-state index contributed by atoms with van der Waals surface area (Å²) in [6.45, 7) is 4.50. The first-order valence-electron chi connectivity index (χ1n) is 28.2. The SMILES string of the molecule is CC1(C)C2=C(c3ccccc31)N(c1ccccc1)c1cccc3c1B2c1cc2c(cc1N3c1ccccc1)N(c1ccccc1)c1cc(N(c3ccccc3)c3ccccc3)cc3c1B2c1oc2ccccc2c1N3c1ccccc1. The Morgan fingerprint density at radius 2 is 0.827 bits per heavy atom. The molecule has 12 aromatic rings. The molecule has 4 aliphatic heterocycles. The number of anilines is 14. The maximum atomic E-state index is 7.49. The Bertz CT molecular complexity index is 4490. The van der Waals surface area contributed by atoms with Crippen LogP contribution >= 0.6 is 0 Å². The van der Waals surface area contributed by atoms with Crippen LogP contribution in [0, 0.1) is 0 Å². The van der Waals surface area contributed by atoms with Gasteiger partial charge < -0.3 is 28.9 Å². The number of hydrogen-bond donors (Lipinski definition) is 0. The molecule has 1 aromatic heterocycles. The summed E-state index contributed by atoms with van der Waals surface area (Å²) in [7, 11) is 0. The van der Waals surface area contributed by atoms with Gasteiger partial charge in [-0.3, -0.25) is 0 Å². The Kier molecular flexibility index (Phi) is 9.85. The van der Waals surface area contributed by atoms with E-state index in [4.69, 9.17) is 4.42 Å². The molecule has 0 radical (unpaired) electrons. The van der Waals surface area contributed by atoms with Crippen LogP contribution in [0.2, 0.25) is 0 Å². The number of benzene rings is 11. The molecule has 0 amide bonds. The summed E-state index contributed by atoms with van der Waals surface area (Å²) in [6, 6.07) is 100. The predicted octanol–water partition coefficient (Wildman–Crippen LogP) is 15.8. The zero-order valence-corrected chi connectivity index (χ0v) is 44.8. The van der Waals surface area contributed by atoms with Crippen LogP contribution in [-0.2, 0) is 5.41 Å².